The van der Waals surface area contributed by atoms with Crippen LogP contribution in [0, 0.1) is 6.92 Å². The van der Waals surface area contributed by atoms with Gasteiger partial charge in [0.25, 0.3) is 0 Å². The van der Waals surface area contributed by atoms with Crippen LogP contribution in [0.3, 0.4) is 0 Å². The summed E-state index contributed by atoms with van der Waals surface area (Å²) in [5, 5.41) is 17.3. The van der Waals surface area contributed by atoms with Gasteiger partial charge in [0.15, 0.2) is 0 Å². The molecule has 3 nitrogen and oxygen atoms in total. The molecule has 1 aliphatic heterocycles. The Morgan fingerprint density at radius 1 is 0.667 bits per heavy atom. The van der Waals surface area contributed by atoms with Gasteiger partial charge in [0.2, 0.25) is 0 Å². The quantitative estimate of drug-likeness (QED) is 0.254. The van der Waals surface area contributed by atoms with Crippen LogP contribution in [0.2, 0.25) is 0 Å². The molecule has 0 fully saturated rings. The van der Waals surface area contributed by atoms with Crippen molar-refractivity contribution >= 4 is 43.4 Å². The number of phenols is 1. The molecule has 1 aliphatic rings. The van der Waals surface area contributed by atoms with Crippen LogP contribution in [0.5, 0.6) is 17.2 Å². The van der Waals surface area contributed by atoms with E-state index in [1.165, 1.54) is 49.3 Å². The second-order valence-electron chi connectivity index (χ2n) is 10.7. The maximum Gasteiger partial charge on any atom is 0.132 e. The van der Waals surface area contributed by atoms with E-state index < -0.39 is 0 Å². The number of ether oxygens (including phenoxy) is 1. The van der Waals surface area contributed by atoms with Gasteiger partial charge in [0, 0.05) is 45.4 Å². The molecule has 8 rings (SSSR count). The first kappa shape index (κ1) is 22.2. The number of para-hydroxylation sites is 1. The number of hydrogen-bond donors (Lipinski definition) is 1. The van der Waals surface area contributed by atoms with E-state index >= 15 is 0 Å². The second kappa shape index (κ2) is 8.12. The number of fused-ring (bicyclic) bond motifs is 9. The molecule has 0 bridgehead atoms. The zero-order chi connectivity index (χ0) is 26.2. The van der Waals surface area contributed by atoms with Crippen molar-refractivity contribution in [2.24, 2.45) is 0 Å². The van der Waals surface area contributed by atoms with E-state index in [1.807, 2.05) is 24.3 Å². The number of nitrogens with zero attached hydrogens (tertiary/aromatic N) is 1. The SMILES string of the molecule is CCn1c2ccccc2c2cc(C3c4c(ccc5cc(C)ccc45)Oc4ccc5cc(O)ccc5c43)ccc21. The van der Waals surface area contributed by atoms with Gasteiger partial charge >= 0.3 is 0 Å². The molecule has 1 N–H and O–H groups in total. The van der Waals surface area contributed by atoms with Crippen molar-refractivity contribution in [2.75, 3.05) is 0 Å². The Kier molecular flexibility index (Phi) is 4.63. The van der Waals surface area contributed by atoms with Gasteiger partial charge in [-0.1, -0.05) is 66.2 Å². The summed E-state index contributed by atoms with van der Waals surface area (Å²) in [5.41, 5.74) is 7.34. The molecule has 0 saturated carbocycles. The van der Waals surface area contributed by atoms with Gasteiger partial charge in [-0.25, -0.2) is 0 Å². The van der Waals surface area contributed by atoms with Crippen molar-refractivity contribution in [3.05, 3.63) is 125 Å². The molecule has 1 aromatic heterocycles. The van der Waals surface area contributed by atoms with E-state index in [2.05, 4.69) is 91.2 Å². The van der Waals surface area contributed by atoms with Gasteiger partial charge in [-0.05, 0) is 83.4 Å². The minimum Gasteiger partial charge on any atom is -0.508 e. The smallest absolute Gasteiger partial charge is 0.132 e. The first-order valence-electron chi connectivity index (χ1n) is 13.6. The van der Waals surface area contributed by atoms with Crippen LogP contribution in [-0.4, -0.2) is 9.67 Å². The lowest BCUT2D eigenvalue weighted by atomic mass is 9.78. The Balaban J connectivity index is 1.50. The molecule has 1 atom stereocenters. The third kappa shape index (κ3) is 3.17. The highest BCUT2D eigenvalue weighted by molar-refractivity contribution is 6.08. The maximum atomic E-state index is 10.3. The van der Waals surface area contributed by atoms with E-state index in [0.717, 1.165) is 34.4 Å². The molecule has 0 saturated heterocycles. The molecule has 1 unspecified atom stereocenters. The molecule has 7 aromatic rings. The van der Waals surface area contributed by atoms with Gasteiger partial charge in [-0.3, -0.25) is 0 Å². The monoisotopic (exact) mass is 505 g/mol. The fourth-order valence-electron chi connectivity index (χ4n) is 6.74. The lowest BCUT2D eigenvalue weighted by molar-refractivity contribution is 0.456. The van der Waals surface area contributed by atoms with Gasteiger partial charge in [-0.2, -0.15) is 0 Å². The summed E-state index contributed by atoms with van der Waals surface area (Å²) < 4.78 is 9.02. The highest BCUT2D eigenvalue weighted by atomic mass is 16.5. The Morgan fingerprint density at radius 2 is 1.36 bits per heavy atom. The van der Waals surface area contributed by atoms with Crippen LogP contribution in [0.1, 0.15) is 35.1 Å². The van der Waals surface area contributed by atoms with Crippen molar-refractivity contribution in [1.29, 1.82) is 0 Å². The van der Waals surface area contributed by atoms with E-state index in [0.29, 0.717) is 0 Å². The van der Waals surface area contributed by atoms with Crippen molar-refractivity contribution in [3.8, 4) is 17.2 Å². The van der Waals surface area contributed by atoms with Crippen LogP contribution < -0.4 is 4.74 Å². The van der Waals surface area contributed by atoms with Crippen molar-refractivity contribution in [3.63, 3.8) is 0 Å². The zero-order valence-corrected chi connectivity index (χ0v) is 21.9. The summed E-state index contributed by atoms with van der Waals surface area (Å²) >= 11 is 0. The summed E-state index contributed by atoms with van der Waals surface area (Å²) in [6.07, 6.45) is 0. The standard InChI is InChI=1S/C36H27NO2/c1-3-37-30-7-5-4-6-28(30)29-20-24(9-15-31(29)37)34-35-26-13-8-21(2)18-22(26)10-16-32(35)39-33-17-11-23-19-25(38)12-14-27(23)36(33)34/h4-20,34,38H,3H2,1-2H3. The topological polar surface area (TPSA) is 34.4 Å². The van der Waals surface area contributed by atoms with Crippen molar-refractivity contribution < 1.29 is 9.84 Å². The van der Waals surface area contributed by atoms with Gasteiger partial charge in [0.1, 0.15) is 17.2 Å². The molecule has 3 heteroatoms. The molecule has 2 heterocycles. The van der Waals surface area contributed by atoms with Crippen LogP contribution in [0.4, 0.5) is 0 Å². The molecule has 0 spiro atoms. The Morgan fingerprint density at radius 3 is 2.13 bits per heavy atom. The Labute approximate surface area is 226 Å². The van der Waals surface area contributed by atoms with Crippen molar-refractivity contribution in [1.82, 2.24) is 4.57 Å². The highest BCUT2D eigenvalue weighted by Crippen LogP contribution is 2.53. The van der Waals surface area contributed by atoms with Gasteiger partial charge in [-0.15, -0.1) is 0 Å². The number of benzene rings is 6. The summed E-state index contributed by atoms with van der Waals surface area (Å²) in [4.78, 5) is 0. The summed E-state index contributed by atoms with van der Waals surface area (Å²) in [6.45, 7) is 5.27. The number of hydrogen-bond acceptors (Lipinski definition) is 2. The first-order valence-corrected chi connectivity index (χ1v) is 13.6. The van der Waals surface area contributed by atoms with E-state index in [1.54, 1.807) is 6.07 Å². The van der Waals surface area contributed by atoms with E-state index in [-0.39, 0.29) is 11.7 Å². The molecule has 0 amide bonds. The summed E-state index contributed by atoms with van der Waals surface area (Å²) in [6, 6.07) is 36.4. The fraction of sp³-hybridized carbons (Fsp3) is 0.111. The number of aromatic nitrogens is 1. The first-order chi connectivity index (χ1) is 19.1. The van der Waals surface area contributed by atoms with Crippen molar-refractivity contribution in [2.45, 2.75) is 26.3 Å². The number of aryl methyl sites for hydroxylation is 2. The number of rotatable bonds is 2. The normalized spacial score (nSPS) is 14.6. The maximum absolute atomic E-state index is 10.3. The van der Waals surface area contributed by atoms with Crippen LogP contribution in [-0.2, 0) is 6.54 Å². The molecule has 6 aromatic carbocycles. The second-order valence-corrected chi connectivity index (χ2v) is 10.7. The Bertz CT molecular complexity index is 2030. The molecular weight excluding hydrogens is 478 g/mol. The summed E-state index contributed by atoms with van der Waals surface area (Å²) in [7, 11) is 0. The largest absolute Gasteiger partial charge is 0.508 e. The third-order valence-corrected chi connectivity index (χ3v) is 8.43. The molecule has 188 valence electrons. The van der Waals surface area contributed by atoms with Gasteiger partial charge < -0.3 is 14.4 Å². The molecular formula is C36H27NO2. The number of phenolic OH excluding ortho intramolecular Hbond substituents is 1. The van der Waals surface area contributed by atoms with E-state index in [4.69, 9.17) is 4.74 Å². The van der Waals surface area contributed by atoms with Crippen LogP contribution in [0.15, 0.2) is 103 Å². The predicted octanol–water partition coefficient (Wildman–Crippen LogP) is 9.42. The third-order valence-electron chi connectivity index (χ3n) is 8.43. The molecule has 39 heavy (non-hydrogen) atoms. The lowest BCUT2D eigenvalue weighted by Gasteiger charge is -2.31. The zero-order valence-electron chi connectivity index (χ0n) is 21.9. The molecule has 0 aliphatic carbocycles. The Hall–Kier alpha value is -4.76. The van der Waals surface area contributed by atoms with E-state index in [9.17, 15) is 5.11 Å². The predicted molar refractivity (Wildman–Crippen MR) is 160 cm³/mol. The minimum atomic E-state index is -0.0310. The summed E-state index contributed by atoms with van der Waals surface area (Å²) in [5.74, 6) is 2.01. The lowest BCUT2D eigenvalue weighted by Crippen LogP contribution is -2.13. The average molecular weight is 506 g/mol. The molecule has 0 radical (unpaired) electrons. The average Bonchev–Trinajstić information content (AvgIpc) is 3.28. The fourth-order valence-corrected chi connectivity index (χ4v) is 6.74. The minimum absolute atomic E-state index is 0.0310. The van der Waals surface area contributed by atoms with Crippen LogP contribution >= 0.6 is 0 Å². The van der Waals surface area contributed by atoms with Crippen LogP contribution in [0.25, 0.3) is 43.4 Å². The van der Waals surface area contributed by atoms with Gasteiger partial charge in [0.05, 0.1) is 0 Å². The highest BCUT2D eigenvalue weighted by Gasteiger charge is 2.32. The number of aromatic hydroxyl groups is 1.